The van der Waals surface area contributed by atoms with E-state index >= 15 is 0 Å². The Balaban J connectivity index is 1.56. The van der Waals surface area contributed by atoms with Gasteiger partial charge in [0.05, 0.1) is 4.47 Å². The Morgan fingerprint density at radius 3 is 2.64 bits per heavy atom. The van der Waals surface area contributed by atoms with E-state index in [4.69, 9.17) is 4.74 Å². The summed E-state index contributed by atoms with van der Waals surface area (Å²) in [5.41, 5.74) is 1.42. The van der Waals surface area contributed by atoms with Gasteiger partial charge in [-0.25, -0.2) is 0 Å². The van der Waals surface area contributed by atoms with Gasteiger partial charge < -0.3 is 15.4 Å². The molecule has 0 fully saturated rings. The minimum Gasteiger partial charge on any atom is -0.483 e. The van der Waals surface area contributed by atoms with Gasteiger partial charge in [0.1, 0.15) is 5.75 Å². The molecule has 144 valence electrons. The number of carbonyl (C=O) groups is 2. The molecule has 5 nitrogen and oxygen atoms in total. The minimum atomic E-state index is -0.233. The normalized spacial score (nSPS) is 10.5. The Morgan fingerprint density at radius 1 is 1.00 bits per heavy atom. The van der Waals surface area contributed by atoms with Crippen molar-refractivity contribution in [1.29, 1.82) is 0 Å². The molecule has 6 heteroatoms. The van der Waals surface area contributed by atoms with Crippen LogP contribution < -0.4 is 15.4 Å². The molecule has 0 saturated heterocycles. The number of halogens is 1. The molecule has 0 aliphatic heterocycles. The standard InChI is InChI=1S/C22H21BrN2O3/c1-2-24-22(27)17-8-5-6-15(12-17)13-25-20(26)14-28-19-11-10-16-7-3-4-9-18(16)21(19)23/h3-12H,2,13-14H2,1H3,(H,24,27)(H,25,26). The quantitative estimate of drug-likeness (QED) is 0.582. The molecule has 28 heavy (non-hydrogen) atoms. The lowest BCUT2D eigenvalue weighted by atomic mass is 10.1. The molecule has 0 spiro atoms. The third-order valence-corrected chi connectivity index (χ3v) is 5.02. The highest BCUT2D eigenvalue weighted by Gasteiger charge is 2.09. The molecule has 0 saturated carbocycles. The van der Waals surface area contributed by atoms with Gasteiger partial charge in [0, 0.05) is 18.7 Å². The SMILES string of the molecule is CCNC(=O)c1cccc(CNC(=O)COc2ccc3ccccc3c2Br)c1. The summed E-state index contributed by atoms with van der Waals surface area (Å²) < 4.78 is 6.49. The first-order chi connectivity index (χ1) is 13.6. The fourth-order valence-corrected chi connectivity index (χ4v) is 3.41. The van der Waals surface area contributed by atoms with Gasteiger partial charge in [0.15, 0.2) is 6.61 Å². The molecule has 0 unspecified atom stereocenters. The van der Waals surface area contributed by atoms with E-state index in [1.807, 2.05) is 49.4 Å². The second kappa shape index (κ2) is 9.37. The summed E-state index contributed by atoms with van der Waals surface area (Å²) in [5.74, 6) is 0.260. The molecule has 3 rings (SSSR count). The third-order valence-electron chi connectivity index (χ3n) is 4.20. The van der Waals surface area contributed by atoms with Crippen molar-refractivity contribution in [2.45, 2.75) is 13.5 Å². The highest BCUT2D eigenvalue weighted by Crippen LogP contribution is 2.32. The zero-order valence-corrected chi connectivity index (χ0v) is 17.1. The summed E-state index contributed by atoms with van der Waals surface area (Å²) in [5, 5.41) is 7.70. The topological polar surface area (TPSA) is 67.4 Å². The second-order valence-electron chi connectivity index (χ2n) is 6.22. The second-order valence-corrected chi connectivity index (χ2v) is 7.02. The number of carbonyl (C=O) groups excluding carboxylic acids is 2. The zero-order valence-electron chi connectivity index (χ0n) is 15.5. The van der Waals surface area contributed by atoms with E-state index in [1.54, 1.807) is 18.2 Å². The van der Waals surface area contributed by atoms with Gasteiger partial charge in [-0.15, -0.1) is 0 Å². The summed E-state index contributed by atoms with van der Waals surface area (Å²) in [6.45, 7) is 2.68. The van der Waals surface area contributed by atoms with Crippen LogP contribution in [0.2, 0.25) is 0 Å². The average molecular weight is 441 g/mol. The number of rotatable bonds is 7. The Kier molecular flexibility index (Phi) is 6.66. The highest BCUT2D eigenvalue weighted by molar-refractivity contribution is 9.10. The fourth-order valence-electron chi connectivity index (χ4n) is 2.81. The van der Waals surface area contributed by atoms with Crippen molar-refractivity contribution in [2.24, 2.45) is 0 Å². The fraction of sp³-hybridized carbons (Fsp3) is 0.182. The Morgan fingerprint density at radius 2 is 1.82 bits per heavy atom. The van der Waals surface area contributed by atoms with Crippen molar-refractivity contribution in [1.82, 2.24) is 10.6 Å². The van der Waals surface area contributed by atoms with Crippen molar-refractivity contribution < 1.29 is 14.3 Å². The van der Waals surface area contributed by atoms with Crippen LogP contribution in [0.3, 0.4) is 0 Å². The van der Waals surface area contributed by atoms with Gasteiger partial charge >= 0.3 is 0 Å². The summed E-state index contributed by atoms with van der Waals surface area (Å²) >= 11 is 3.55. The van der Waals surface area contributed by atoms with Crippen LogP contribution in [-0.2, 0) is 11.3 Å². The van der Waals surface area contributed by atoms with E-state index in [0.717, 1.165) is 20.8 Å². The van der Waals surface area contributed by atoms with Gasteiger partial charge in [0.2, 0.25) is 0 Å². The van der Waals surface area contributed by atoms with E-state index in [1.165, 1.54) is 0 Å². The summed E-state index contributed by atoms with van der Waals surface area (Å²) in [7, 11) is 0. The maximum absolute atomic E-state index is 12.2. The van der Waals surface area contributed by atoms with E-state index in [0.29, 0.717) is 24.4 Å². The number of ether oxygens (including phenoxy) is 1. The largest absolute Gasteiger partial charge is 0.483 e. The van der Waals surface area contributed by atoms with Crippen LogP contribution in [0.4, 0.5) is 0 Å². The maximum Gasteiger partial charge on any atom is 0.258 e. The molecule has 2 N–H and O–H groups in total. The van der Waals surface area contributed by atoms with Crippen LogP contribution in [0.25, 0.3) is 10.8 Å². The van der Waals surface area contributed by atoms with Crippen molar-refractivity contribution in [3.05, 3.63) is 76.3 Å². The van der Waals surface area contributed by atoms with Crippen LogP contribution in [0.15, 0.2) is 65.1 Å². The van der Waals surface area contributed by atoms with Crippen molar-refractivity contribution in [2.75, 3.05) is 13.2 Å². The lowest BCUT2D eigenvalue weighted by Gasteiger charge is -2.11. The van der Waals surface area contributed by atoms with Crippen LogP contribution in [0.5, 0.6) is 5.75 Å². The molecule has 0 bridgehead atoms. The monoisotopic (exact) mass is 440 g/mol. The van der Waals surface area contributed by atoms with Gasteiger partial charge in [0.25, 0.3) is 11.8 Å². The summed E-state index contributed by atoms with van der Waals surface area (Å²) in [6, 6.07) is 18.9. The molecule has 3 aromatic carbocycles. The predicted molar refractivity (Wildman–Crippen MR) is 113 cm³/mol. The molecule has 0 aliphatic carbocycles. The first kappa shape index (κ1) is 19.9. The molecule has 3 aromatic rings. The average Bonchev–Trinajstić information content (AvgIpc) is 2.72. The van der Waals surface area contributed by atoms with E-state index in [2.05, 4.69) is 26.6 Å². The van der Waals surface area contributed by atoms with Crippen LogP contribution >= 0.6 is 15.9 Å². The van der Waals surface area contributed by atoms with Gasteiger partial charge in [-0.05, 0) is 57.4 Å². The molecule has 0 atom stereocenters. The van der Waals surface area contributed by atoms with Gasteiger partial charge in [-0.1, -0.05) is 42.5 Å². The zero-order chi connectivity index (χ0) is 19.9. The van der Waals surface area contributed by atoms with E-state index < -0.39 is 0 Å². The first-order valence-electron chi connectivity index (χ1n) is 9.02. The summed E-state index contributed by atoms with van der Waals surface area (Å²) in [4.78, 5) is 24.1. The molecule has 2 amide bonds. The van der Waals surface area contributed by atoms with Gasteiger partial charge in [-0.3, -0.25) is 9.59 Å². The minimum absolute atomic E-state index is 0.0903. The molecular formula is C22H21BrN2O3. The van der Waals surface area contributed by atoms with Crippen LogP contribution in [0.1, 0.15) is 22.8 Å². The molecule has 0 radical (unpaired) electrons. The highest BCUT2D eigenvalue weighted by atomic mass is 79.9. The number of hydrogen-bond acceptors (Lipinski definition) is 3. The number of benzene rings is 3. The Bertz CT molecular complexity index is 1000. The van der Waals surface area contributed by atoms with E-state index in [-0.39, 0.29) is 18.4 Å². The molecule has 0 heterocycles. The van der Waals surface area contributed by atoms with Crippen LogP contribution in [0, 0.1) is 0 Å². The van der Waals surface area contributed by atoms with Crippen LogP contribution in [-0.4, -0.2) is 25.0 Å². The van der Waals surface area contributed by atoms with Crippen molar-refractivity contribution in [3.63, 3.8) is 0 Å². The molecular weight excluding hydrogens is 420 g/mol. The van der Waals surface area contributed by atoms with Crippen molar-refractivity contribution in [3.8, 4) is 5.75 Å². The van der Waals surface area contributed by atoms with E-state index in [9.17, 15) is 9.59 Å². The third kappa shape index (κ3) is 4.89. The Labute approximate surface area is 172 Å². The predicted octanol–water partition coefficient (Wildman–Crippen LogP) is 4.05. The number of fused-ring (bicyclic) bond motifs is 1. The number of hydrogen-bond donors (Lipinski definition) is 2. The first-order valence-corrected chi connectivity index (χ1v) is 9.81. The summed E-state index contributed by atoms with van der Waals surface area (Å²) in [6.07, 6.45) is 0. The maximum atomic E-state index is 12.2. The number of nitrogens with one attached hydrogen (secondary N) is 2. The molecule has 0 aromatic heterocycles. The lowest BCUT2D eigenvalue weighted by molar-refractivity contribution is -0.123. The van der Waals surface area contributed by atoms with Crippen molar-refractivity contribution >= 4 is 38.5 Å². The number of amides is 2. The lowest BCUT2D eigenvalue weighted by Crippen LogP contribution is -2.28. The van der Waals surface area contributed by atoms with Gasteiger partial charge in [-0.2, -0.15) is 0 Å². The molecule has 0 aliphatic rings. The Hall–Kier alpha value is -2.86. The smallest absolute Gasteiger partial charge is 0.258 e.